The fourth-order valence-electron chi connectivity index (χ4n) is 2.44. The monoisotopic (exact) mass is 316 g/mol. The van der Waals surface area contributed by atoms with Crippen LogP contribution in [0, 0.1) is 0 Å². The lowest BCUT2D eigenvalue weighted by Crippen LogP contribution is -2.15. The Kier molecular flexibility index (Phi) is 3.96. The maximum absolute atomic E-state index is 12.0. The number of aromatic nitrogens is 1. The summed E-state index contributed by atoms with van der Waals surface area (Å²) in [5.74, 6) is -0.0169. The Hall–Kier alpha value is -2.18. The van der Waals surface area contributed by atoms with Crippen molar-refractivity contribution in [3.63, 3.8) is 0 Å². The van der Waals surface area contributed by atoms with E-state index in [1.807, 2.05) is 37.3 Å². The number of aromatic hydroxyl groups is 1. The van der Waals surface area contributed by atoms with Crippen LogP contribution in [0.3, 0.4) is 0 Å². The van der Waals surface area contributed by atoms with Crippen LogP contribution < -0.4 is 4.87 Å². The van der Waals surface area contributed by atoms with Crippen LogP contribution in [0.1, 0.15) is 17.4 Å². The lowest BCUT2D eigenvalue weighted by molar-refractivity contribution is 0.183. The normalized spacial score (nSPS) is 15.2. The zero-order valence-corrected chi connectivity index (χ0v) is 13.2. The molecule has 22 heavy (non-hydrogen) atoms. The van der Waals surface area contributed by atoms with E-state index in [-0.39, 0.29) is 10.8 Å². The van der Waals surface area contributed by atoms with Crippen molar-refractivity contribution in [3.05, 3.63) is 44.4 Å². The maximum Gasteiger partial charge on any atom is 0.310 e. The second-order valence-corrected chi connectivity index (χ2v) is 5.97. The predicted molar refractivity (Wildman–Crippen MR) is 89.2 cm³/mol. The molecular formula is C16H16N2O3S. The minimum Gasteiger partial charge on any atom is -0.493 e. The first-order valence-corrected chi connectivity index (χ1v) is 7.71. The van der Waals surface area contributed by atoms with Crippen LogP contribution in [-0.4, -0.2) is 29.1 Å². The zero-order valence-electron chi connectivity index (χ0n) is 12.4. The van der Waals surface area contributed by atoms with Crippen LogP contribution in [0.15, 0.2) is 34.1 Å². The quantitative estimate of drug-likeness (QED) is 0.943. The number of benzene rings is 1. The first kappa shape index (κ1) is 14.7. The number of hydrogen-bond donors (Lipinski definition) is 1. The number of allylic oxidation sites excluding steroid dienone is 1. The number of aliphatic imine (C=N–C) groups is 1. The molecule has 0 saturated heterocycles. The van der Waals surface area contributed by atoms with Gasteiger partial charge in [0.15, 0.2) is 0 Å². The topological polar surface area (TPSA) is 63.8 Å². The van der Waals surface area contributed by atoms with Gasteiger partial charge in [-0.3, -0.25) is 14.4 Å². The summed E-state index contributed by atoms with van der Waals surface area (Å²) in [7, 11) is 1.56. The number of fused-ring (bicyclic) bond motifs is 1. The van der Waals surface area contributed by atoms with Gasteiger partial charge in [-0.15, -0.1) is 0 Å². The van der Waals surface area contributed by atoms with Crippen LogP contribution in [0.5, 0.6) is 5.88 Å². The van der Waals surface area contributed by atoms with Crippen molar-refractivity contribution in [2.24, 2.45) is 4.99 Å². The highest BCUT2D eigenvalue weighted by atomic mass is 32.1. The van der Waals surface area contributed by atoms with Gasteiger partial charge in [-0.25, -0.2) is 0 Å². The van der Waals surface area contributed by atoms with Crippen LogP contribution in [0.4, 0.5) is 5.69 Å². The minimum absolute atomic E-state index is 0.0169. The van der Waals surface area contributed by atoms with Gasteiger partial charge in [0.05, 0.1) is 23.7 Å². The lowest BCUT2D eigenvalue weighted by atomic mass is 10.0. The van der Waals surface area contributed by atoms with Gasteiger partial charge in [0.25, 0.3) is 0 Å². The summed E-state index contributed by atoms with van der Waals surface area (Å²) in [5.41, 5.74) is 3.75. The van der Waals surface area contributed by atoms with E-state index in [9.17, 15) is 9.90 Å². The fraction of sp³-hybridized carbons (Fsp3) is 0.250. The van der Waals surface area contributed by atoms with Gasteiger partial charge >= 0.3 is 4.87 Å². The summed E-state index contributed by atoms with van der Waals surface area (Å²) >= 11 is 1.03. The van der Waals surface area contributed by atoms with Crippen molar-refractivity contribution in [3.8, 4) is 5.88 Å². The Morgan fingerprint density at radius 2 is 2.18 bits per heavy atom. The number of hydrogen-bond acceptors (Lipinski definition) is 5. The molecule has 0 fully saturated rings. The summed E-state index contributed by atoms with van der Waals surface area (Å²) < 4.78 is 6.29. The molecule has 0 atom stereocenters. The summed E-state index contributed by atoms with van der Waals surface area (Å²) in [4.78, 5) is 16.8. The van der Waals surface area contributed by atoms with E-state index in [2.05, 4.69) is 4.99 Å². The molecular weight excluding hydrogens is 300 g/mol. The molecule has 5 nitrogen and oxygen atoms in total. The average molecular weight is 316 g/mol. The number of thiazole rings is 1. The van der Waals surface area contributed by atoms with E-state index in [0.717, 1.165) is 33.9 Å². The molecule has 1 aliphatic rings. The fourth-order valence-corrected chi connectivity index (χ4v) is 3.29. The van der Waals surface area contributed by atoms with Gasteiger partial charge in [-0.2, -0.15) is 0 Å². The average Bonchev–Trinajstić information content (AvgIpc) is 2.96. The third kappa shape index (κ3) is 2.51. The molecule has 6 heteroatoms. The molecule has 1 aromatic carbocycles. The second-order valence-electron chi connectivity index (χ2n) is 4.97. The molecule has 2 heterocycles. The Morgan fingerprint density at radius 1 is 1.41 bits per heavy atom. The maximum atomic E-state index is 12.0. The van der Waals surface area contributed by atoms with E-state index in [4.69, 9.17) is 4.74 Å². The lowest BCUT2D eigenvalue weighted by Gasteiger charge is -2.03. The molecule has 3 rings (SSSR count). The Bertz CT molecular complexity index is 830. The van der Waals surface area contributed by atoms with E-state index in [1.165, 1.54) is 4.57 Å². The standard InChI is InChI=1S/C16H16N2O3S/c1-10-12(11-5-3-4-6-13(11)17-10)9-14-15(19)18(7-8-21-2)16(20)22-14/h3-6,9,19H,7-8H2,1-2H3. The van der Waals surface area contributed by atoms with E-state index in [0.29, 0.717) is 18.0 Å². The van der Waals surface area contributed by atoms with Crippen LogP contribution >= 0.6 is 11.3 Å². The van der Waals surface area contributed by atoms with Crippen molar-refractivity contribution in [1.29, 1.82) is 0 Å². The molecule has 0 radical (unpaired) electrons. The minimum atomic E-state index is -0.192. The second kappa shape index (κ2) is 5.90. The zero-order chi connectivity index (χ0) is 15.7. The summed E-state index contributed by atoms with van der Waals surface area (Å²) in [6.07, 6.45) is 1.83. The van der Waals surface area contributed by atoms with Crippen LogP contribution in [-0.2, 0) is 11.3 Å². The molecule has 1 aliphatic heterocycles. The largest absolute Gasteiger partial charge is 0.493 e. The highest BCUT2D eigenvalue weighted by Crippen LogP contribution is 2.37. The van der Waals surface area contributed by atoms with E-state index in [1.54, 1.807) is 7.11 Å². The molecule has 1 N–H and O–H groups in total. The number of rotatable bonds is 4. The SMILES string of the molecule is COCCn1c(O)c(C=C2C(C)=Nc3ccccc32)sc1=O. The van der Waals surface area contributed by atoms with Gasteiger partial charge in [0.1, 0.15) is 0 Å². The van der Waals surface area contributed by atoms with Crippen molar-refractivity contribution >= 4 is 34.4 Å². The third-order valence-electron chi connectivity index (χ3n) is 3.56. The molecule has 0 bridgehead atoms. The van der Waals surface area contributed by atoms with Gasteiger partial charge in [0.2, 0.25) is 5.88 Å². The van der Waals surface area contributed by atoms with Crippen molar-refractivity contribution in [2.75, 3.05) is 13.7 Å². The summed E-state index contributed by atoms with van der Waals surface area (Å²) in [6.45, 7) is 2.64. The molecule has 114 valence electrons. The van der Waals surface area contributed by atoms with Crippen molar-refractivity contribution in [1.82, 2.24) is 4.57 Å². The van der Waals surface area contributed by atoms with E-state index < -0.39 is 0 Å². The first-order chi connectivity index (χ1) is 10.6. The van der Waals surface area contributed by atoms with Crippen molar-refractivity contribution < 1.29 is 9.84 Å². The highest BCUT2D eigenvalue weighted by Gasteiger charge is 2.19. The predicted octanol–water partition coefficient (Wildman–Crippen LogP) is 2.91. The summed E-state index contributed by atoms with van der Waals surface area (Å²) in [5, 5.41) is 10.3. The Balaban J connectivity index is 2.03. The molecule has 2 aromatic rings. The smallest absolute Gasteiger partial charge is 0.310 e. The summed E-state index contributed by atoms with van der Waals surface area (Å²) in [6, 6.07) is 7.83. The number of para-hydroxylation sites is 1. The highest BCUT2D eigenvalue weighted by molar-refractivity contribution is 7.10. The number of methoxy groups -OCH3 is 1. The molecule has 0 saturated carbocycles. The van der Waals surface area contributed by atoms with E-state index >= 15 is 0 Å². The number of ether oxygens (including phenoxy) is 1. The van der Waals surface area contributed by atoms with Gasteiger partial charge in [-0.1, -0.05) is 29.5 Å². The molecule has 0 amide bonds. The van der Waals surface area contributed by atoms with Crippen molar-refractivity contribution in [2.45, 2.75) is 13.5 Å². The molecule has 0 aliphatic carbocycles. The van der Waals surface area contributed by atoms with Gasteiger partial charge in [0, 0.05) is 24.0 Å². The van der Waals surface area contributed by atoms with Crippen LogP contribution in [0.2, 0.25) is 0 Å². The van der Waals surface area contributed by atoms with Gasteiger partial charge < -0.3 is 9.84 Å². The molecule has 0 unspecified atom stereocenters. The number of nitrogens with zero attached hydrogens (tertiary/aromatic N) is 2. The Labute approximate surface area is 131 Å². The third-order valence-corrected chi connectivity index (χ3v) is 4.48. The van der Waals surface area contributed by atoms with Gasteiger partial charge in [-0.05, 0) is 19.1 Å². The first-order valence-electron chi connectivity index (χ1n) is 6.90. The van der Waals surface area contributed by atoms with Crippen LogP contribution in [0.25, 0.3) is 11.6 Å². The molecule has 0 spiro atoms. The molecule has 1 aromatic heterocycles. The Morgan fingerprint density at radius 3 is 2.95 bits per heavy atom.